The highest BCUT2D eigenvalue weighted by Crippen LogP contribution is 2.37. The summed E-state index contributed by atoms with van der Waals surface area (Å²) >= 11 is 5.91. The molecule has 4 nitrogen and oxygen atoms in total. The van der Waals surface area contributed by atoms with Gasteiger partial charge in [0.1, 0.15) is 11.2 Å². The Balaban J connectivity index is 1.95. The van der Waals surface area contributed by atoms with Gasteiger partial charge in [-0.3, -0.25) is 4.79 Å². The van der Waals surface area contributed by atoms with Gasteiger partial charge in [-0.05, 0) is 35.4 Å². The molecule has 3 aromatic rings. The molecule has 1 unspecified atom stereocenters. The van der Waals surface area contributed by atoms with Crippen molar-refractivity contribution < 1.29 is 4.79 Å². The highest BCUT2D eigenvalue weighted by atomic mass is 35.5. The lowest BCUT2D eigenvalue weighted by Gasteiger charge is -2.27. The van der Waals surface area contributed by atoms with Crippen LogP contribution in [0.15, 0.2) is 60.9 Å². The predicted molar refractivity (Wildman–Crippen MR) is 89.6 cm³/mol. The van der Waals surface area contributed by atoms with E-state index in [1.165, 1.54) is 0 Å². The molecule has 0 saturated heterocycles. The first kappa shape index (κ1) is 14.0. The first-order valence-electron chi connectivity index (χ1n) is 7.36. The van der Waals surface area contributed by atoms with E-state index in [-0.39, 0.29) is 6.04 Å². The standard InChI is InChI=1S/C18H14ClN3O/c19-17-8-7-13(10-20-17)18-16-6-3-9-21(16)11-14-4-1-2-5-15(14)22(18)12-23/h1-10,12,18H,11H2. The van der Waals surface area contributed by atoms with Crippen LogP contribution in [0, 0.1) is 0 Å². The zero-order chi connectivity index (χ0) is 15.8. The predicted octanol–water partition coefficient (Wildman–Crippen LogP) is 3.65. The number of halogens is 1. The first-order chi connectivity index (χ1) is 11.3. The number of anilines is 1. The Morgan fingerprint density at radius 3 is 2.78 bits per heavy atom. The Labute approximate surface area is 138 Å². The largest absolute Gasteiger partial charge is 0.345 e. The highest BCUT2D eigenvalue weighted by Gasteiger charge is 2.29. The molecule has 0 aliphatic carbocycles. The van der Waals surface area contributed by atoms with Crippen molar-refractivity contribution >= 4 is 23.7 Å². The summed E-state index contributed by atoms with van der Waals surface area (Å²) in [4.78, 5) is 17.9. The summed E-state index contributed by atoms with van der Waals surface area (Å²) in [7, 11) is 0. The molecule has 3 heterocycles. The minimum Gasteiger partial charge on any atom is -0.345 e. The molecule has 0 fully saturated rings. The van der Waals surface area contributed by atoms with Gasteiger partial charge in [0.15, 0.2) is 0 Å². The molecule has 0 bridgehead atoms. The number of carbonyl (C=O) groups excluding carboxylic acids is 1. The average Bonchev–Trinajstić information content (AvgIpc) is 2.97. The van der Waals surface area contributed by atoms with Crippen molar-refractivity contribution in [2.75, 3.05) is 4.90 Å². The number of pyridine rings is 1. The van der Waals surface area contributed by atoms with Gasteiger partial charge in [0.05, 0.1) is 0 Å². The summed E-state index contributed by atoms with van der Waals surface area (Å²) in [5.41, 5.74) is 4.02. The van der Waals surface area contributed by atoms with E-state index in [1.807, 2.05) is 42.6 Å². The minimum absolute atomic E-state index is 0.226. The summed E-state index contributed by atoms with van der Waals surface area (Å²) in [6, 6.07) is 15.5. The zero-order valence-electron chi connectivity index (χ0n) is 12.3. The molecule has 114 valence electrons. The highest BCUT2D eigenvalue weighted by molar-refractivity contribution is 6.29. The van der Waals surface area contributed by atoms with E-state index in [0.29, 0.717) is 5.15 Å². The fourth-order valence-corrected chi connectivity index (χ4v) is 3.29. The molecule has 1 atom stereocenters. The van der Waals surface area contributed by atoms with Crippen LogP contribution in [0.25, 0.3) is 0 Å². The summed E-state index contributed by atoms with van der Waals surface area (Å²) in [5, 5.41) is 0.441. The fraction of sp³-hybridized carbons (Fsp3) is 0.111. The molecule has 23 heavy (non-hydrogen) atoms. The van der Waals surface area contributed by atoms with E-state index in [1.54, 1.807) is 17.2 Å². The number of benzene rings is 1. The van der Waals surface area contributed by atoms with E-state index in [0.717, 1.165) is 35.5 Å². The van der Waals surface area contributed by atoms with Crippen LogP contribution in [-0.4, -0.2) is 16.0 Å². The maximum absolute atomic E-state index is 11.9. The third-order valence-corrected chi connectivity index (χ3v) is 4.44. The van der Waals surface area contributed by atoms with Crippen molar-refractivity contribution in [1.29, 1.82) is 0 Å². The number of hydrogen-bond acceptors (Lipinski definition) is 2. The maximum Gasteiger partial charge on any atom is 0.215 e. The van der Waals surface area contributed by atoms with Crippen LogP contribution in [0.3, 0.4) is 0 Å². The lowest BCUT2D eigenvalue weighted by molar-refractivity contribution is -0.107. The van der Waals surface area contributed by atoms with Crippen molar-refractivity contribution in [2.45, 2.75) is 12.6 Å². The van der Waals surface area contributed by atoms with Crippen LogP contribution in [0.1, 0.15) is 22.9 Å². The van der Waals surface area contributed by atoms with Crippen LogP contribution in [0.2, 0.25) is 5.15 Å². The van der Waals surface area contributed by atoms with Crippen LogP contribution in [0.5, 0.6) is 0 Å². The van der Waals surface area contributed by atoms with E-state index in [2.05, 4.69) is 15.6 Å². The molecule has 1 aliphatic rings. The normalized spacial score (nSPS) is 16.4. The van der Waals surface area contributed by atoms with Crippen molar-refractivity contribution in [3.63, 3.8) is 0 Å². The maximum atomic E-state index is 11.9. The van der Waals surface area contributed by atoms with Gasteiger partial charge in [-0.2, -0.15) is 0 Å². The van der Waals surface area contributed by atoms with Crippen LogP contribution < -0.4 is 4.90 Å². The van der Waals surface area contributed by atoms with Crippen LogP contribution in [0.4, 0.5) is 5.69 Å². The number of aromatic nitrogens is 2. The second-order valence-corrected chi connectivity index (χ2v) is 5.91. The molecule has 5 heteroatoms. The number of amides is 1. The zero-order valence-corrected chi connectivity index (χ0v) is 13.0. The van der Waals surface area contributed by atoms with E-state index in [9.17, 15) is 4.79 Å². The van der Waals surface area contributed by atoms with E-state index < -0.39 is 0 Å². The first-order valence-corrected chi connectivity index (χ1v) is 7.74. The Morgan fingerprint density at radius 1 is 1.13 bits per heavy atom. The van der Waals surface area contributed by atoms with Gasteiger partial charge >= 0.3 is 0 Å². The summed E-state index contributed by atoms with van der Waals surface area (Å²) in [5.74, 6) is 0. The topological polar surface area (TPSA) is 38.1 Å². The Hall–Kier alpha value is -2.59. The molecule has 0 saturated carbocycles. The van der Waals surface area contributed by atoms with E-state index >= 15 is 0 Å². The van der Waals surface area contributed by atoms with Gasteiger partial charge in [-0.15, -0.1) is 0 Å². The molecule has 0 radical (unpaired) electrons. The van der Waals surface area contributed by atoms with Gasteiger partial charge < -0.3 is 9.47 Å². The minimum atomic E-state index is -0.226. The second kappa shape index (κ2) is 5.56. The summed E-state index contributed by atoms with van der Waals surface area (Å²) in [6.07, 6.45) is 4.66. The molecule has 1 aromatic carbocycles. The number of nitrogens with zero attached hydrogens (tertiary/aromatic N) is 3. The molecular formula is C18H14ClN3O. The van der Waals surface area contributed by atoms with Gasteiger partial charge in [-0.1, -0.05) is 35.9 Å². The van der Waals surface area contributed by atoms with Crippen LogP contribution >= 0.6 is 11.6 Å². The monoisotopic (exact) mass is 323 g/mol. The van der Waals surface area contributed by atoms with Gasteiger partial charge in [0, 0.05) is 30.3 Å². The Kier molecular flexibility index (Phi) is 3.39. The summed E-state index contributed by atoms with van der Waals surface area (Å²) < 4.78 is 2.17. The number of para-hydroxylation sites is 1. The summed E-state index contributed by atoms with van der Waals surface area (Å²) in [6.45, 7) is 0.736. The second-order valence-electron chi connectivity index (χ2n) is 5.52. The molecule has 4 rings (SSSR count). The molecule has 0 N–H and O–H groups in total. The number of fused-ring (bicyclic) bond motifs is 2. The van der Waals surface area contributed by atoms with Crippen molar-refractivity contribution in [1.82, 2.24) is 9.55 Å². The lowest BCUT2D eigenvalue weighted by Crippen LogP contribution is -2.28. The number of hydrogen-bond donors (Lipinski definition) is 0. The lowest BCUT2D eigenvalue weighted by atomic mass is 10.0. The molecule has 1 aliphatic heterocycles. The third-order valence-electron chi connectivity index (χ3n) is 4.21. The van der Waals surface area contributed by atoms with Crippen LogP contribution in [-0.2, 0) is 11.3 Å². The molecular weight excluding hydrogens is 310 g/mol. The smallest absolute Gasteiger partial charge is 0.215 e. The fourth-order valence-electron chi connectivity index (χ4n) is 3.18. The van der Waals surface area contributed by atoms with Crippen molar-refractivity contribution in [2.24, 2.45) is 0 Å². The molecule has 0 spiro atoms. The SMILES string of the molecule is O=CN1c2ccccc2Cn2cccc2C1c1ccc(Cl)nc1. The van der Waals surface area contributed by atoms with Gasteiger partial charge in [0.25, 0.3) is 0 Å². The van der Waals surface area contributed by atoms with Crippen molar-refractivity contribution in [3.8, 4) is 0 Å². The van der Waals surface area contributed by atoms with Crippen molar-refractivity contribution in [3.05, 3.63) is 82.9 Å². The quantitative estimate of drug-likeness (QED) is 0.533. The van der Waals surface area contributed by atoms with E-state index in [4.69, 9.17) is 11.6 Å². The third kappa shape index (κ3) is 2.32. The number of carbonyl (C=O) groups is 1. The Bertz CT molecular complexity index is 857. The number of rotatable bonds is 2. The molecule has 1 amide bonds. The molecule has 2 aromatic heterocycles. The van der Waals surface area contributed by atoms with Gasteiger partial charge in [0.2, 0.25) is 6.41 Å². The van der Waals surface area contributed by atoms with Gasteiger partial charge in [-0.25, -0.2) is 4.98 Å². The Morgan fingerprint density at radius 2 is 2.00 bits per heavy atom. The average molecular weight is 324 g/mol.